The van der Waals surface area contributed by atoms with Gasteiger partial charge in [-0.1, -0.05) is 6.42 Å². The Labute approximate surface area is 120 Å². The first kappa shape index (κ1) is 15.0. The van der Waals surface area contributed by atoms with Gasteiger partial charge in [0, 0.05) is 34.7 Å². The van der Waals surface area contributed by atoms with Crippen molar-refractivity contribution in [3.8, 4) is 0 Å². The van der Waals surface area contributed by atoms with Gasteiger partial charge in [0.15, 0.2) is 0 Å². The summed E-state index contributed by atoms with van der Waals surface area (Å²) in [5, 5.41) is 13.7. The maximum atomic E-state index is 13.0. The molecule has 2 rings (SSSR count). The van der Waals surface area contributed by atoms with Gasteiger partial charge in [-0.25, -0.2) is 8.78 Å². The summed E-state index contributed by atoms with van der Waals surface area (Å²) in [5.41, 5.74) is -0.338. The number of anilines is 1. The molecule has 0 unspecified atom stereocenters. The lowest BCUT2D eigenvalue weighted by Crippen LogP contribution is -2.40. The van der Waals surface area contributed by atoms with E-state index >= 15 is 0 Å². The fourth-order valence-corrected chi connectivity index (χ4v) is 3.20. The molecule has 0 atom stereocenters. The van der Waals surface area contributed by atoms with Crippen molar-refractivity contribution in [3.05, 3.63) is 33.9 Å². The highest BCUT2D eigenvalue weighted by Gasteiger charge is 2.36. The second-order valence-electron chi connectivity index (χ2n) is 4.92. The first-order valence-corrected chi connectivity index (χ1v) is 7.55. The average Bonchev–Trinajstić information content (AvgIpc) is 2.37. The molecule has 20 heavy (non-hydrogen) atoms. The molecular weight excluding hydrogens is 286 g/mol. The lowest BCUT2D eigenvalue weighted by atomic mass is 9.84. The van der Waals surface area contributed by atoms with Crippen LogP contribution in [0.25, 0.3) is 0 Å². The van der Waals surface area contributed by atoms with Crippen LogP contribution in [0.4, 0.5) is 20.2 Å². The van der Waals surface area contributed by atoms with Crippen LogP contribution in [0.1, 0.15) is 31.3 Å². The van der Waals surface area contributed by atoms with Crippen LogP contribution in [-0.4, -0.2) is 22.5 Å². The van der Waals surface area contributed by atoms with Gasteiger partial charge in [0.25, 0.3) is 12.1 Å². The SMILES string of the molecule is CSC1(CNc2ccc([N+](=O)[O-])cc2C(F)F)CCC1. The molecule has 1 fully saturated rings. The number of non-ortho nitro benzene ring substituents is 1. The molecule has 1 aliphatic carbocycles. The zero-order chi connectivity index (χ0) is 14.8. The predicted octanol–water partition coefficient (Wildman–Crippen LogP) is 4.23. The van der Waals surface area contributed by atoms with E-state index in [0.29, 0.717) is 6.54 Å². The monoisotopic (exact) mass is 302 g/mol. The molecule has 1 aliphatic rings. The Hall–Kier alpha value is -1.37. The summed E-state index contributed by atoms with van der Waals surface area (Å²) >= 11 is 1.74. The van der Waals surface area contributed by atoms with E-state index in [0.717, 1.165) is 25.3 Å². The van der Waals surface area contributed by atoms with E-state index in [1.54, 1.807) is 11.8 Å². The number of thioether (sulfide) groups is 1. The van der Waals surface area contributed by atoms with Gasteiger partial charge in [-0.15, -0.1) is 0 Å². The first-order chi connectivity index (χ1) is 9.47. The normalized spacial score (nSPS) is 16.8. The third kappa shape index (κ3) is 3.03. The largest absolute Gasteiger partial charge is 0.383 e. The van der Waals surface area contributed by atoms with Crippen LogP contribution >= 0.6 is 11.8 Å². The second kappa shape index (κ2) is 5.95. The minimum atomic E-state index is -2.73. The number of hydrogen-bond donors (Lipinski definition) is 1. The number of rotatable bonds is 6. The summed E-state index contributed by atoms with van der Waals surface area (Å²) in [4.78, 5) is 9.98. The Bertz CT molecular complexity index is 502. The van der Waals surface area contributed by atoms with Crippen LogP contribution in [0.15, 0.2) is 18.2 Å². The van der Waals surface area contributed by atoms with Crippen LogP contribution < -0.4 is 5.32 Å². The van der Waals surface area contributed by atoms with E-state index in [-0.39, 0.29) is 21.7 Å². The highest BCUT2D eigenvalue weighted by Crippen LogP contribution is 2.43. The summed E-state index contributed by atoms with van der Waals surface area (Å²) in [6, 6.07) is 3.56. The number of nitro benzene ring substituents is 1. The molecule has 4 nitrogen and oxygen atoms in total. The quantitative estimate of drug-likeness (QED) is 0.631. The second-order valence-corrected chi connectivity index (χ2v) is 6.20. The molecule has 7 heteroatoms. The summed E-state index contributed by atoms with van der Waals surface area (Å²) < 4.78 is 26.1. The van der Waals surface area contributed by atoms with Crippen molar-refractivity contribution in [2.24, 2.45) is 0 Å². The molecule has 1 aromatic carbocycles. The van der Waals surface area contributed by atoms with Crippen LogP contribution in [0, 0.1) is 10.1 Å². The number of nitro groups is 1. The van der Waals surface area contributed by atoms with Crippen molar-refractivity contribution < 1.29 is 13.7 Å². The first-order valence-electron chi connectivity index (χ1n) is 6.33. The average molecular weight is 302 g/mol. The van der Waals surface area contributed by atoms with Crippen molar-refractivity contribution in [2.75, 3.05) is 18.1 Å². The maximum Gasteiger partial charge on any atom is 0.270 e. The topological polar surface area (TPSA) is 55.2 Å². The van der Waals surface area contributed by atoms with Crippen LogP contribution in [0.2, 0.25) is 0 Å². The lowest BCUT2D eigenvalue weighted by Gasteiger charge is -2.40. The number of hydrogen-bond acceptors (Lipinski definition) is 4. The molecule has 0 saturated heterocycles. The molecule has 0 aromatic heterocycles. The van der Waals surface area contributed by atoms with E-state index in [1.807, 2.05) is 6.26 Å². The Kier molecular flexibility index (Phi) is 4.47. The van der Waals surface area contributed by atoms with Gasteiger partial charge in [0.2, 0.25) is 0 Å². The van der Waals surface area contributed by atoms with E-state index in [4.69, 9.17) is 0 Å². The fourth-order valence-electron chi connectivity index (χ4n) is 2.29. The van der Waals surface area contributed by atoms with Crippen molar-refractivity contribution in [1.82, 2.24) is 0 Å². The summed E-state index contributed by atoms with van der Waals surface area (Å²) in [5.74, 6) is 0. The van der Waals surface area contributed by atoms with Gasteiger partial charge >= 0.3 is 0 Å². The van der Waals surface area contributed by atoms with E-state index < -0.39 is 11.3 Å². The Morgan fingerprint density at radius 2 is 2.20 bits per heavy atom. The van der Waals surface area contributed by atoms with Crippen LogP contribution in [-0.2, 0) is 0 Å². The van der Waals surface area contributed by atoms with Crippen LogP contribution in [0.5, 0.6) is 0 Å². The minimum Gasteiger partial charge on any atom is -0.383 e. The smallest absolute Gasteiger partial charge is 0.270 e. The van der Waals surface area contributed by atoms with Gasteiger partial charge in [0.1, 0.15) is 0 Å². The Morgan fingerprint density at radius 1 is 1.50 bits per heavy atom. The molecule has 110 valence electrons. The Balaban J connectivity index is 2.16. The third-order valence-corrected chi connectivity index (χ3v) is 5.20. The van der Waals surface area contributed by atoms with Gasteiger partial charge in [-0.3, -0.25) is 10.1 Å². The van der Waals surface area contributed by atoms with Gasteiger partial charge < -0.3 is 5.32 Å². The molecule has 1 aromatic rings. The summed E-state index contributed by atoms with van der Waals surface area (Å²) in [6.07, 6.45) is 2.58. The molecule has 1 N–H and O–H groups in total. The van der Waals surface area contributed by atoms with Crippen molar-refractivity contribution in [1.29, 1.82) is 0 Å². The van der Waals surface area contributed by atoms with E-state index in [9.17, 15) is 18.9 Å². The van der Waals surface area contributed by atoms with Gasteiger partial charge in [-0.05, 0) is 25.2 Å². The predicted molar refractivity (Wildman–Crippen MR) is 76.6 cm³/mol. The molecule has 1 saturated carbocycles. The van der Waals surface area contributed by atoms with Crippen molar-refractivity contribution >= 4 is 23.1 Å². The van der Waals surface area contributed by atoms with Crippen molar-refractivity contribution in [2.45, 2.75) is 30.4 Å². The molecule has 0 bridgehead atoms. The van der Waals surface area contributed by atoms with E-state index in [1.165, 1.54) is 12.1 Å². The standard InChI is InChI=1S/C13H16F2N2O2S/c1-20-13(5-2-6-13)8-16-11-4-3-9(17(18)19)7-10(11)12(14)15/h3-4,7,12,16H,2,5-6,8H2,1H3. The number of benzene rings is 1. The van der Waals surface area contributed by atoms with E-state index in [2.05, 4.69) is 5.32 Å². The molecule has 0 aliphatic heterocycles. The number of alkyl halides is 2. The summed E-state index contributed by atoms with van der Waals surface area (Å²) in [7, 11) is 0. The van der Waals surface area contributed by atoms with Crippen molar-refractivity contribution in [3.63, 3.8) is 0 Å². The number of nitrogens with zero attached hydrogens (tertiary/aromatic N) is 1. The molecule has 0 radical (unpaired) electrons. The molecule has 0 spiro atoms. The van der Waals surface area contributed by atoms with Gasteiger partial charge in [-0.2, -0.15) is 11.8 Å². The van der Waals surface area contributed by atoms with Crippen LogP contribution in [0.3, 0.4) is 0 Å². The zero-order valence-electron chi connectivity index (χ0n) is 11.1. The minimum absolute atomic E-state index is 0.112. The zero-order valence-corrected chi connectivity index (χ0v) is 11.9. The highest BCUT2D eigenvalue weighted by molar-refractivity contribution is 8.00. The fraction of sp³-hybridized carbons (Fsp3) is 0.538. The Morgan fingerprint density at radius 3 is 2.65 bits per heavy atom. The van der Waals surface area contributed by atoms with Gasteiger partial charge in [0.05, 0.1) is 4.92 Å². The third-order valence-electron chi connectivity index (χ3n) is 3.78. The lowest BCUT2D eigenvalue weighted by molar-refractivity contribution is -0.385. The number of halogens is 2. The molecule has 0 heterocycles. The maximum absolute atomic E-state index is 13.0. The highest BCUT2D eigenvalue weighted by atomic mass is 32.2. The molecular formula is C13H16F2N2O2S. The number of nitrogens with one attached hydrogen (secondary N) is 1. The molecule has 0 amide bonds. The summed E-state index contributed by atoms with van der Waals surface area (Å²) in [6.45, 7) is 0.603.